The molecule has 1 unspecified atom stereocenters. The van der Waals surface area contributed by atoms with E-state index in [1.807, 2.05) is 12.1 Å². The molecule has 2 aliphatic rings. The van der Waals surface area contributed by atoms with Gasteiger partial charge in [0, 0.05) is 23.8 Å². The van der Waals surface area contributed by atoms with Crippen LogP contribution in [0.2, 0.25) is 0 Å². The zero-order chi connectivity index (χ0) is 27.7. The molecule has 0 saturated carbocycles. The van der Waals surface area contributed by atoms with Crippen LogP contribution in [0.15, 0.2) is 60.3 Å². The second-order valence-corrected chi connectivity index (χ2v) is 11.8. The number of hydrogen-bond acceptors (Lipinski definition) is 12. The smallest absolute Gasteiger partial charge is 0.236 e. The van der Waals surface area contributed by atoms with Crippen LogP contribution in [0.25, 0.3) is 0 Å². The van der Waals surface area contributed by atoms with E-state index in [1.54, 1.807) is 31.1 Å². The Bertz CT molecular complexity index is 1570. The molecule has 0 bridgehead atoms. The highest BCUT2D eigenvalue weighted by Gasteiger charge is 2.41. The highest BCUT2D eigenvalue weighted by atomic mass is 79.9. The lowest BCUT2D eigenvalue weighted by Gasteiger charge is -2.38. The van der Waals surface area contributed by atoms with Crippen LogP contribution in [0.1, 0.15) is 36.5 Å². The van der Waals surface area contributed by atoms with Crippen molar-refractivity contribution in [1.82, 2.24) is 15.4 Å². The summed E-state index contributed by atoms with van der Waals surface area (Å²) in [5.41, 5.74) is 8.88. The third-order valence-electron chi connectivity index (χ3n) is 6.23. The van der Waals surface area contributed by atoms with Gasteiger partial charge in [0.2, 0.25) is 11.0 Å². The van der Waals surface area contributed by atoms with Crippen molar-refractivity contribution in [2.45, 2.75) is 36.4 Å². The zero-order valence-electron chi connectivity index (χ0n) is 20.9. The zero-order valence-corrected chi connectivity index (χ0v) is 24.1. The number of Topliss-reactive ketones (excluding diaryl/α,β-unsaturated/α-hetero) is 1. The Morgan fingerprint density at radius 2 is 2.21 bits per heavy atom. The first-order chi connectivity index (χ1) is 18.8. The molecule has 0 saturated heterocycles. The monoisotopic (exact) mass is 627 g/mol. The van der Waals surface area contributed by atoms with Crippen molar-refractivity contribution in [1.29, 1.82) is 5.26 Å². The average Bonchev–Trinajstić information content (AvgIpc) is 3.55. The molecular formula is C25H22BrN7O4S2. The number of amides is 1. The number of rotatable bonds is 7. The molecule has 3 N–H and O–H groups in total. The van der Waals surface area contributed by atoms with Gasteiger partial charge >= 0.3 is 0 Å². The molecule has 3 aromatic rings. The van der Waals surface area contributed by atoms with Gasteiger partial charge in [-0.3, -0.25) is 14.5 Å². The fraction of sp³-hybridized carbons (Fsp3) is 0.280. The number of hydrogen-bond donors (Lipinski definition) is 2. The number of carbonyl (C=O) groups excluding carboxylic acids is 2. The SMILES string of the molecule is COc1ccc(C2C(C#N)=C(N)N(c3nnc(SCC(=O)Nc4cc(C)on4)s3)C3=C2C(=O)CCC3)cc1Br. The molecule has 11 nitrogen and oxygen atoms in total. The molecule has 14 heteroatoms. The van der Waals surface area contributed by atoms with Crippen molar-refractivity contribution < 1.29 is 18.8 Å². The van der Waals surface area contributed by atoms with Crippen LogP contribution in [0.5, 0.6) is 5.75 Å². The van der Waals surface area contributed by atoms with E-state index < -0.39 is 5.92 Å². The Balaban J connectivity index is 1.45. The number of benzene rings is 1. The lowest BCUT2D eigenvalue weighted by Crippen LogP contribution is -2.38. The minimum absolute atomic E-state index is 0.0303. The molecule has 0 radical (unpaired) electrons. The predicted molar refractivity (Wildman–Crippen MR) is 149 cm³/mol. The summed E-state index contributed by atoms with van der Waals surface area (Å²) in [6.45, 7) is 1.73. The third-order valence-corrected chi connectivity index (χ3v) is 8.89. The standard InChI is InChI=1S/C25H22BrN7O4S2/c1-12-8-19(32-37-12)29-20(35)11-38-25-31-30-24(39-25)33-16-4-3-5-17(34)22(16)21(14(10-27)23(33)28)13-6-7-18(36-2)15(26)9-13/h6-9,21H,3-5,11,28H2,1-2H3,(H,29,32,35). The molecule has 39 heavy (non-hydrogen) atoms. The van der Waals surface area contributed by atoms with E-state index in [0.717, 1.165) is 5.56 Å². The number of anilines is 2. The molecule has 1 atom stereocenters. The van der Waals surface area contributed by atoms with Crippen LogP contribution in [0.4, 0.5) is 10.9 Å². The fourth-order valence-corrected chi connectivity index (χ4v) is 6.82. The van der Waals surface area contributed by atoms with Crippen LogP contribution in [0, 0.1) is 18.3 Å². The van der Waals surface area contributed by atoms with Gasteiger partial charge in [-0.15, -0.1) is 10.2 Å². The molecule has 5 rings (SSSR count). The van der Waals surface area contributed by atoms with E-state index in [-0.39, 0.29) is 28.8 Å². The van der Waals surface area contributed by atoms with Gasteiger partial charge < -0.3 is 20.3 Å². The number of ether oxygens (including phenoxy) is 1. The molecule has 200 valence electrons. The number of halogens is 1. The lowest BCUT2D eigenvalue weighted by molar-refractivity contribution is -0.116. The largest absolute Gasteiger partial charge is 0.496 e. The Morgan fingerprint density at radius 1 is 1.38 bits per heavy atom. The number of ketones is 1. The number of nitriles is 1. The second kappa shape index (κ2) is 11.2. The predicted octanol–water partition coefficient (Wildman–Crippen LogP) is 4.64. The van der Waals surface area contributed by atoms with Gasteiger partial charge in [0.15, 0.2) is 15.9 Å². The van der Waals surface area contributed by atoms with Gasteiger partial charge in [-0.25, -0.2) is 0 Å². The van der Waals surface area contributed by atoms with Crippen molar-refractivity contribution in [3.8, 4) is 11.8 Å². The third kappa shape index (κ3) is 5.29. The Morgan fingerprint density at radius 3 is 2.90 bits per heavy atom. The number of aromatic nitrogens is 3. The first-order valence-electron chi connectivity index (χ1n) is 11.8. The molecule has 3 heterocycles. The van der Waals surface area contributed by atoms with Crippen LogP contribution >= 0.6 is 39.0 Å². The average molecular weight is 629 g/mol. The molecular weight excluding hydrogens is 606 g/mol. The molecule has 0 spiro atoms. The summed E-state index contributed by atoms with van der Waals surface area (Å²) < 4.78 is 11.5. The van der Waals surface area contributed by atoms with E-state index in [9.17, 15) is 14.9 Å². The summed E-state index contributed by atoms with van der Waals surface area (Å²) in [6, 6.07) is 9.34. The quantitative estimate of drug-likeness (QED) is 0.351. The van der Waals surface area contributed by atoms with Crippen molar-refractivity contribution >= 4 is 61.7 Å². The van der Waals surface area contributed by atoms with Crippen LogP contribution in [-0.4, -0.2) is 39.9 Å². The number of allylic oxidation sites excluding steroid dienone is 3. The number of carbonyl (C=O) groups is 2. The number of nitrogens with two attached hydrogens (primary N) is 1. The van der Waals surface area contributed by atoms with Gasteiger partial charge in [-0.2, -0.15) is 5.26 Å². The van der Waals surface area contributed by atoms with Crippen LogP contribution in [-0.2, 0) is 9.59 Å². The molecule has 2 aromatic heterocycles. The minimum Gasteiger partial charge on any atom is -0.496 e. The van der Waals surface area contributed by atoms with Gasteiger partial charge in [-0.05, 0) is 53.4 Å². The lowest BCUT2D eigenvalue weighted by atomic mass is 9.76. The molecule has 1 aliphatic heterocycles. The summed E-state index contributed by atoms with van der Waals surface area (Å²) in [5.74, 6) is 0.938. The van der Waals surface area contributed by atoms with Gasteiger partial charge in [-0.1, -0.05) is 34.3 Å². The highest BCUT2D eigenvalue weighted by Crippen LogP contribution is 2.47. The minimum atomic E-state index is -0.609. The first kappa shape index (κ1) is 26.9. The summed E-state index contributed by atoms with van der Waals surface area (Å²) >= 11 is 5.94. The summed E-state index contributed by atoms with van der Waals surface area (Å²) in [6.07, 6.45) is 1.64. The van der Waals surface area contributed by atoms with Crippen molar-refractivity contribution in [3.63, 3.8) is 0 Å². The Labute approximate surface area is 240 Å². The molecule has 1 aromatic carbocycles. The van der Waals surface area contributed by atoms with Crippen molar-refractivity contribution in [2.24, 2.45) is 5.73 Å². The van der Waals surface area contributed by atoms with Crippen molar-refractivity contribution in [2.75, 3.05) is 23.1 Å². The maximum atomic E-state index is 13.3. The highest BCUT2D eigenvalue weighted by molar-refractivity contribution is 9.10. The number of aryl methyl sites for hydroxylation is 1. The number of nitrogens with zero attached hydrogens (tertiary/aromatic N) is 5. The maximum Gasteiger partial charge on any atom is 0.236 e. The fourth-order valence-electron chi connectivity index (χ4n) is 4.58. The normalized spacial score (nSPS) is 17.2. The van der Waals surface area contributed by atoms with E-state index in [0.29, 0.717) is 61.8 Å². The van der Waals surface area contributed by atoms with Gasteiger partial charge in [0.05, 0.1) is 34.9 Å². The number of methoxy groups -OCH3 is 1. The summed E-state index contributed by atoms with van der Waals surface area (Å²) in [5, 5.41) is 25.5. The van der Waals surface area contributed by atoms with E-state index in [1.165, 1.54) is 23.1 Å². The number of nitrogens with one attached hydrogen (secondary N) is 1. The number of thioether (sulfide) groups is 1. The topological polar surface area (TPSA) is 160 Å². The van der Waals surface area contributed by atoms with Crippen LogP contribution in [0.3, 0.4) is 0 Å². The Kier molecular flexibility index (Phi) is 7.74. The Hall–Kier alpha value is -3.67. The van der Waals surface area contributed by atoms with E-state index in [4.69, 9.17) is 15.0 Å². The van der Waals surface area contributed by atoms with Gasteiger partial charge in [0.1, 0.15) is 17.3 Å². The molecule has 0 fully saturated rings. The second-order valence-electron chi connectivity index (χ2n) is 8.72. The van der Waals surface area contributed by atoms with Gasteiger partial charge in [0.25, 0.3) is 0 Å². The summed E-state index contributed by atoms with van der Waals surface area (Å²) in [7, 11) is 1.57. The summed E-state index contributed by atoms with van der Waals surface area (Å²) in [4.78, 5) is 27.3. The van der Waals surface area contributed by atoms with Crippen LogP contribution < -0.4 is 20.7 Å². The van der Waals surface area contributed by atoms with E-state index in [2.05, 4.69) is 42.7 Å². The van der Waals surface area contributed by atoms with E-state index >= 15 is 0 Å². The molecule has 1 aliphatic carbocycles. The first-order valence-corrected chi connectivity index (χ1v) is 14.4. The van der Waals surface area contributed by atoms with Crippen molar-refractivity contribution in [3.05, 3.63) is 62.7 Å². The maximum absolute atomic E-state index is 13.3. The molecule has 1 amide bonds.